The molecule has 0 N–H and O–H groups in total. The van der Waals surface area contributed by atoms with Crippen molar-refractivity contribution in [3.05, 3.63) is 56.8 Å². The van der Waals surface area contributed by atoms with Gasteiger partial charge in [0, 0.05) is 31.3 Å². The summed E-state index contributed by atoms with van der Waals surface area (Å²) < 4.78 is 5.52. The first-order chi connectivity index (χ1) is 11.3. The molecule has 24 heavy (non-hydrogen) atoms. The number of benzene rings is 1. The first-order valence-electron chi connectivity index (χ1n) is 6.71. The molecule has 1 amide bonds. The highest BCUT2D eigenvalue weighted by Gasteiger charge is 2.19. The lowest BCUT2D eigenvalue weighted by atomic mass is 10.1. The molecule has 0 radical (unpaired) electrons. The van der Waals surface area contributed by atoms with E-state index in [0.29, 0.717) is 0 Å². The molecule has 0 saturated heterocycles. The number of nitrogens with zero attached hydrogens (tertiary/aromatic N) is 3. The number of likely N-dealkylation sites (N-methyl/N-ethyl adjacent to an activating group) is 1. The number of hydrogen-bond acceptors (Lipinski definition) is 5. The summed E-state index contributed by atoms with van der Waals surface area (Å²) in [5.74, 6) is 0.00753. The number of nitriles is 1. The summed E-state index contributed by atoms with van der Waals surface area (Å²) in [6.07, 6.45) is 1.29. The number of carbonyl (C=O) groups is 1. The Bertz CT molecular complexity index is 878. The number of halogens is 1. The van der Waals surface area contributed by atoms with Crippen molar-refractivity contribution in [3.8, 4) is 17.4 Å². The monoisotopic (exact) mass is 345 g/mol. The second-order valence-electron chi connectivity index (χ2n) is 4.99. The van der Waals surface area contributed by atoms with Gasteiger partial charge in [-0.3, -0.25) is 14.9 Å². The first kappa shape index (κ1) is 17.2. The van der Waals surface area contributed by atoms with E-state index in [1.165, 1.54) is 55.4 Å². The molecule has 1 heterocycles. The van der Waals surface area contributed by atoms with Gasteiger partial charge >= 0.3 is 0 Å². The minimum absolute atomic E-state index is 0.105. The molecule has 0 unspecified atom stereocenters. The number of nitro benzene ring substituents is 1. The fourth-order valence-electron chi connectivity index (χ4n) is 1.96. The molecule has 2 aromatic rings. The van der Waals surface area contributed by atoms with Crippen LogP contribution in [0.15, 0.2) is 40.3 Å². The van der Waals surface area contributed by atoms with Gasteiger partial charge in [0.05, 0.1) is 10.5 Å². The second kappa shape index (κ2) is 6.98. The lowest BCUT2D eigenvalue weighted by Crippen LogP contribution is -2.22. The molecular formula is C16H12ClN3O4. The third kappa shape index (κ3) is 3.62. The molecule has 0 spiro atoms. The molecule has 2 rings (SSSR count). The van der Waals surface area contributed by atoms with Crippen LogP contribution < -0.4 is 0 Å². The molecule has 1 aromatic carbocycles. The number of hydrogen-bond donors (Lipinski definition) is 0. The van der Waals surface area contributed by atoms with E-state index in [0.717, 1.165) is 0 Å². The number of nitro groups is 1. The van der Waals surface area contributed by atoms with E-state index in [4.69, 9.17) is 21.3 Å². The van der Waals surface area contributed by atoms with E-state index < -0.39 is 10.8 Å². The molecular weight excluding hydrogens is 334 g/mol. The molecule has 0 atom stereocenters. The third-order valence-corrected chi connectivity index (χ3v) is 3.33. The standard InChI is InChI=1S/C16H12ClN3O4/c1-19(2)16(21)10(9-18)7-12-4-6-15(24-12)13-5-3-11(17)8-14(13)20(22)23/h3-8H,1-2H3/b10-7+. The highest BCUT2D eigenvalue weighted by Crippen LogP contribution is 2.33. The van der Waals surface area contributed by atoms with Crippen LogP contribution in [0.1, 0.15) is 5.76 Å². The second-order valence-corrected chi connectivity index (χ2v) is 5.43. The van der Waals surface area contributed by atoms with Crippen LogP contribution in [0.2, 0.25) is 5.02 Å². The summed E-state index contributed by atoms with van der Waals surface area (Å²) >= 11 is 5.78. The summed E-state index contributed by atoms with van der Waals surface area (Å²) in [6, 6.07) is 9.06. The minimum Gasteiger partial charge on any atom is -0.456 e. The largest absolute Gasteiger partial charge is 0.456 e. The van der Waals surface area contributed by atoms with Gasteiger partial charge in [-0.05, 0) is 24.3 Å². The molecule has 0 saturated carbocycles. The quantitative estimate of drug-likeness (QED) is 0.365. The number of furan rings is 1. The van der Waals surface area contributed by atoms with Crippen molar-refractivity contribution >= 4 is 29.3 Å². The van der Waals surface area contributed by atoms with Gasteiger partial charge in [0.1, 0.15) is 23.2 Å². The fraction of sp³-hybridized carbons (Fsp3) is 0.125. The van der Waals surface area contributed by atoms with Crippen LogP contribution in [0, 0.1) is 21.4 Å². The molecule has 0 fully saturated rings. The Labute approximate surface area is 142 Å². The predicted octanol–water partition coefficient (Wildman–Crippen LogP) is 3.50. The van der Waals surface area contributed by atoms with Gasteiger partial charge in [0.15, 0.2) is 0 Å². The van der Waals surface area contributed by atoms with Gasteiger partial charge in [-0.25, -0.2) is 0 Å². The summed E-state index contributed by atoms with van der Waals surface area (Å²) in [4.78, 5) is 23.7. The molecule has 122 valence electrons. The van der Waals surface area contributed by atoms with Crippen LogP contribution in [-0.2, 0) is 4.79 Å². The maximum absolute atomic E-state index is 11.8. The topological polar surface area (TPSA) is 100 Å². The van der Waals surface area contributed by atoms with Crippen molar-refractivity contribution in [1.82, 2.24) is 4.90 Å². The average molecular weight is 346 g/mol. The predicted molar refractivity (Wildman–Crippen MR) is 88.1 cm³/mol. The zero-order chi connectivity index (χ0) is 17.9. The smallest absolute Gasteiger partial charge is 0.281 e. The van der Waals surface area contributed by atoms with E-state index in [2.05, 4.69) is 0 Å². The molecule has 0 aliphatic carbocycles. The maximum atomic E-state index is 11.8. The van der Waals surface area contributed by atoms with Gasteiger partial charge in [-0.2, -0.15) is 5.26 Å². The molecule has 0 aliphatic heterocycles. The molecule has 0 bridgehead atoms. The van der Waals surface area contributed by atoms with Crippen LogP contribution in [0.25, 0.3) is 17.4 Å². The van der Waals surface area contributed by atoms with E-state index in [-0.39, 0.29) is 33.4 Å². The van der Waals surface area contributed by atoms with Gasteiger partial charge in [-0.15, -0.1) is 0 Å². The van der Waals surface area contributed by atoms with Crippen LogP contribution in [0.4, 0.5) is 5.69 Å². The molecule has 8 heteroatoms. The van der Waals surface area contributed by atoms with Crippen LogP contribution in [0.3, 0.4) is 0 Å². The molecule has 1 aromatic heterocycles. The lowest BCUT2D eigenvalue weighted by Gasteiger charge is -2.07. The zero-order valence-corrected chi connectivity index (χ0v) is 13.6. The van der Waals surface area contributed by atoms with Crippen molar-refractivity contribution in [2.24, 2.45) is 0 Å². The normalized spacial score (nSPS) is 11.0. The van der Waals surface area contributed by atoms with E-state index in [1.807, 2.05) is 0 Å². The maximum Gasteiger partial charge on any atom is 0.281 e. The minimum atomic E-state index is -0.560. The van der Waals surface area contributed by atoms with Crippen molar-refractivity contribution in [1.29, 1.82) is 5.26 Å². The Hall–Kier alpha value is -3.11. The van der Waals surface area contributed by atoms with Crippen LogP contribution in [0.5, 0.6) is 0 Å². The van der Waals surface area contributed by atoms with E-state index >= 15 is 0 Å². The number of carbonyl (C=O) groups excluding carboxylic acids is 1. The molecule has 7 nitrogen and oxygen atoms in total. The summed E-state index contributed by atoms with van der Waals surface area (Å²) in [6.45, 7) is 0. The first-order valence-corrected chi connectivity index (χ1v) is 7.09. The van der Waals surface area contributed by atoms with Gasteiger partial charge in [-0.1, -0.05) is 11.6 Å². The van der Waals surface area contributed by atoms with E-state index in [1.54, 1.807) is 6.07 Å². The van der Waals surface area contributed by atoms with E-state index in [9.17, 15) is 14.9 Å². The zero-order valence-electron chi connectivity index (χ0n) is 12.8. The van der Waals surface area contributed by atoms with Crippen molar-refractivity contribution in [2.45, 2.75) is 0 Å². The van der Waals surface area contributed by atoms with Gasteiger partial charge in [0.25, 0.3) is 11.6 Å². The number of amides is 1. The SMILES string of the molecule is CN(C)C(=O)/C(C#N)=C/c1ccc(-c2ccc(Cl)cc2[N+](=O)[O-])o1. The van der Waals surface area contributed by atoms with Crippen molar-refractivity contribution in [2.75, 3.05) is 14.1 Å². The summed E-state index contributed by atoms with van der Waals surface area (Å²) in [5, 5.41) is 20.4. The molecule has 0 aliphatic rings. The Balaban J connectivity index is 2.44. The average Bonchev–Trinajstić information content (AvgIpc) is 3.00. The highest BCUT2D eigenvalue weighted by atomic mass is 35.5. The Kier molecular flexibility index (Phi) is 5.02. The van der Waals surface area contributed by atoms with Crippen molar-refractivity contribution in [3.63, 3.8) is 0 Å². The highest BCUT2D eigenvalue weighted by molar-refractivity contribution is 6.30. The Morgan fingerprint density at radius 1 is 1.38 bits per heavy atom. The summed E-state index contributed by atoms with van der Waals surface area (Å²) in [7, 11) is 3.05. The van der Waals surface area contributed by atoms with Gasteiger partial charge < -0.3 is 9.32 Å². The van der Waals surface area contributed by atoms with Crippen LogP contribution in [-0.4, -0.2) is 29.8 Å². The summed E-state index contributed by atoms with van der Waals surface area (Å²) in [5.41, 5.74) is -0.0507. The number of rotatable bonds is 4. The third-order valence-electron chi connectivity index (χ3n) is 3.09. The van der Waals surface area contributed by atoms with Gasteiger partial charge in [0.2, 0.25) is 0 Å². The van der Waals surface area contributed by atoms with Crippen molar-refractivity contribution < 1.29 is 14.1 Å². The fourth-order valence-corrected chi connectivity index (χ4v) is 2.13. The Morgan fingerprint density at radius 2 is 2.08 bits per heavy atom. The Morgan fingerprint density at radius 3 is 2.67 bits per heavy atom. The van der Waals surface area contributed by atoms with Crippen LogP contribution >= 0.6 is 11.6 Å². The lowest BCUT2D eigenvalue weighted by molar-refractivity contribution is -0.384.